The van der Waals surface area contributed by atoms with Crippen molar-refractivity contribution in [1.82, 2.24) is 4.57 Å². The van der Waals surface area contributed by atoms with Gasteiger partial charge in [0, 0.05) is 18.4 Å². The Labute approximate surface area is 85.9 Å². The van der Waals surface area contributed by atoms with Crippen LogP contribution in [-0.2, 0) is 0 Å². The molecule has 0 bridgehead atoms. The van der Waals surface area contributed by atoms with Crippen molar-refractivity contribution in [1.29, 1.82) is 0 Å². The summed E-state index contributed by atoms with van der Waals surface area (Å²) in [5.41, 5.74) is 0. The van der Waals surface area contributed by atoms with E-state index in [4.69, 9.17) is 4.74 Å². The molecule has 14 heavy (non-hydrogen) atoms. The topological polar surface area (TPSA) is 14.2 Å². The summed E-state index contributed by atoms with van der Waals surface area (Å²) >= 11 is 0. The minimum atomic E-state index is 0.524. The molecular weight excluding hydrogens is 174 g/mol. The summed E-state index contributed by atoms with van der Waals surface area (Å²) in [6.45, 7) is 5.26. The third kappa shape index (κ3) is 2.11. The number of hydrogen-bond acceptors (Lipinski definition) is 1. The minimum absolute atomic E-state index is 0.524. The van der Waals surface area contributed by atoms with Gasteiger partial charge < -0.3 is 9.30 Å². The SMILES string of the molecule is CC(C)n1ccc(OCC2CCC2)c1. The normalized spacial score (nSPS) is 17.1. The molecule has 0 spiro atoms. The molecule has 1 fully saturated rings. The van der Waals surface area contributed by atoms with E-state index in [0.29, 0.717) is 6.04 Å². The van der Waals surface area contributed by atoms with Crippen molar-refractivity contribution in [3.8, 4) is 5.75 Å². The second kappa shape index (κ2) is 4.07. The number of rotatable bonds is 4. The van der Waals surface area contributed by atoms with E-state index in [1.165, 1.54) is 19.3 Å². The van der Waals surface area contributed by atoms with Crippen LogP contribution in [0.1, 0.15) is 39.2 Å². The van der Waals surface area contributed by atoms with E-state index in [-0.39, 0.29) is 0 Å². The van der Waals surface area contributed by atoms with Crippen LogP contribution in [0.25, 0.3) is 0 Å². The van der Waals surface area contributed by atoms with Gasteiger partial charge in [-0.3, -0.25) is 0 Å². The van der Waals surface area contributed by atoms with E-state index in [2.05, 4.69) is 36.9 Å². The molecule has 0 saturated heterocycles. The average Bonchev–Trinajstić information content (AvgIpc) is 2.50. The van der Waals surface area contributed by atoms with E-state index in [0.717, 1.165) is 18.3 Å². The van der Waals surface area contributed by atoms with Gasteiger partial charge in [0.25, 0.3) is 0 Å². The van der Waals surface area contributed by atoms with Gasteiger partial charge >= 0.3 is 0 Å². The van der Waals surface area contributed by atoms with E-state index >= 15 is 0 Å². The monoisotopic (exact) mass is 193 g/mol. The Balaban J connectivity index is 1.83. The molecule has 0 unspecified atom stereocenters. The van der Waals surface area contributed by atoms with Crippen LogP contribution in [0.5, 0.6) is 5.75 Å². The molecule has 0 aliphatic heterocycles. The van der Waals surface area contributed by atoms with E-state index in [9.17, 15) is 0 Å². The molecule has 1 aromatic heterocycles. The Morgan fingerprint density at radius 2 is 2.29 bits per heavy atom. The van der Waals surface area contributed by atoms with E-state index in [1.54, 1.807) is 0 Å². The molecule has 1 aliphatic carbocycles. The molecule has 0 radical (unpaired) electrons. The zero-order valence-corrected chi connectivity index (χ0v) is 9.07. The van der Waals surface area contributed by atoms with Crippen LogP contribution in [0.4, 0.5) is 0 Å². The molecule has 78 valence electrons. The lowest BCUT2D eigenvalue weighted by atomic mass is 9.86. The van der Waals surface area contributed by atoms with Crippen molar-refractivity contribution in [2.45, 2.75) is 39.2 Å². The lowest BCUT2D eigenvalue weighted by Gasteiger charge is -2.24. The van der Waals surface area contributed by atoms with Crippen molar-refractivity contribution in [2.75, 3.05) is 6.61 Å². The second-order valence-electron chi connectivity index (χ2n) is 4.50. The van der Waals surface area contributed by atoms with Crippen molar-refractivity contribution in [3.05, 3.63) is 18.5 Å². The predicted octanol–water partition coefficient (Wildman–Crippen LogP) is 3.25. The maximum atomic E-state index is 5.72. The summed E-state index contributed by atoms with van der Waals surface area (Å²) < 4.78 is 7.90. The van der Waals surface area contributed by atoms with Crippen LogP contribution in [0, 0.1) is 5.92 Å². The lowest BCUT2D eigenvalue weighted by molar-refractivity contribution is 0.180. The van der Waals surface area contributed by atoms with Crippen LogP contribution < -0.4 is 4.74 Å². The van der Waals surface area contributed by atoms with Crippen molar-refractivity contribution in [3.63, 3.8) is 0 Å². The largest absolute Gasteiger partial charge is 0.492 e. The number of nitrogens with zero attached hydrogens (tertiary/aromatic N) is 1. The summed E-state index contributed by atoms with van der Waals surface area (Å²) in [6.07, 6.45) is 8.26. The molecule has 1 aromatic rings. The highest BCUT2D eigenvalue weighted by atomic mass is 16.5. The summed E-state index contributed by atoms with van der Waals surface area (Å²) in [5, 5.41) is 0. The third-order valence-electron chi connectivity index (χ3n) is 2.99. The Morgan fingerprint density at radius 3 is 2.79 bits per heavy atom. The first-order valence-electron chi connectivity index (χ1n) is 5.56. The van der Waals surface area contributed by atoms with Gasteiger partial charge in [-0.2, -0.15) is 0 Å². The Bertz CT molecular complexity index is 286. The first kappa shape index (κ1) is 9.63. The average molecular weight is 193 g/mol. The zero-order chi connectivity index (χ0) is 9.97. The molecule has 1 aliphatic rings. The maximum Gasteiger partial charge on any atom is 0.136 e. The van der Waals surface area contributed by atoms with E-state index in [1.807, 2.05) is 0 Å². The van der Waals surface area contributed by atoms with Crippen LogP contribution in [0.15, 0.2) is 18.5 Å². The molecular formula is C12H19NO. The molecule has 1 heterocycles. The Hall–Kier alpha value is -0.920. The summed E-state index contributed by atoms with van der Waals surface area (Å²) in [6, 6.07) is 2.58. The zero-order valence-electron chi connectivity index (χ0n) is 9.07. The fraction of sp³-hybridized carbons (Fsp3) is 0.667. The van der Waals surface area contributed by atoms with Gasteiger partial charge in [-0.1, -0.05) is 6.42 Å². The van der Waals surface area contributed by atoms with Gasteiger partial charge in [0.05, 0.1) is 6.61 Å². The number of hydrogen-bond donors (Lipinski definition) is 0. The number of ether oxygens (including phenoxy) is 1. The van der Waals surface area contributed by atoms with E-state index < -0.39 is 0 Å². The predicted molar refractivity (Wildman–Crippen MR) is 57.7 cm³/mol. The van der Waals surface area contributed by atoms with Crippen LogP contribution in [-0.4, -0.2) is 11.2 Å². The minimum Gasteiger partial charge on any atom is -0.492 e. The van der Waals surface area contributed by atoms with Crippen molar-refractivity contribution < 1.29 is 4.74 Å². The molecule has 2 heteroatoms. The van der Waals surface area contributed by atoms with Crippen LogP contribution in [0.2, 0.25) is 0 Å². The molecule has 0 N–H and O–H groups in total. The van der Waals surface area contributed by atoms with Gasteiger partial charge in [0.2, 0.25) is 0 Å². The smallest absolute Gasteiger partial charge is 0.136 e. The fourth-order valence-electron chi connectivity index (χ4n) is 1.67. The quantitative estimate of drug-likeness (QED) is 0.716. The van der Waals surface area contributed by atoms with Gasteiger partial charge in [-0.05, 0) is 38.7 Å². The summed E-state index contributed by atoms with van der Waals surface area (Å²) in [7, 11) is 0. The molecule has 0 amide bonds. The number of aromatic nitrogens is 1. The van der Waals surface area contributed by atoms with Gasteiger partial charge in [0.1, 0.15) is 5.75 Å². The first-order valence-corrected chi connectivity index (χ1v) is 5.56. The van der Waals surface area contributed by atoms with Gasteiger partial charge in [0.15, 0.2) is 0 Å². The summed E-state index contributed by atoms with van der Waals surface area (Å²) in [4.78, 5) is 0. The van der Waals surface area contributed by atoms with Crippen molar-refractivity contribution >= 4 is 0 Å². The maximum absolute atomic E-state index is 5.72. The Morgan fingerprint density at radius 1 is 1.50 bits per heavy atom. The summed E-state index contributed by atoms with van der Waals surface area (Å²) in [5.74, 6) is 1.84. The second-order valence-corrected chi connectivity index (χ2v) is 4.50. The van der Waals surface area contributed by atoms with Gasteiger partial charge in [-0.25, -0.2) is 0 Å². The standard InChI is InChI=1S/C12H19NO/c1-10(2)13-7-6-12(8-13)14-9-11-4-3-5-11/h6-8,10-11H,3-5,9H2,1-2H3. The fourth-order valence-corrected chi connectivity index (χ4v) is 1.67. The molecule has 0 aromatic carbocycles. The third-order valence-corrected chi connectivity index (χ3v) is 2.99. The van der Waals surface area contributed by atoms with Crippen molar-refractivity contribution in [2.24, 2.45) is 5.92 Å². The Kier molecular flexibility index (Phi) is 2.80. The highest BCUT2D eigenvalue weighted by molar-refractivity contribution is 5.18. The molecule has 0 atom stereocenters. The lowest BCUT2D eigenvalue weighted by Crippen LogP contribution is -2.19. The molecule has 2 nitrogen and oxygen atoms in total. The van der Waals surface area contributed by atoms with Crippen LogP contribution >= 0.6 is 0 Å². The van der Waals surface area contributed by atoms with Gasteiger partial charge in [-0.15, -0.1) is 0 Å². The first-order chi connectivity index (χ1) is 6.75. The molecule has 2 rings (SSSR count). The highest BCUT2D eigenvalue weighted by Gasteiger charge is 2.17. The van der Waals surface area contributed by atoms with Crippen LogP contribution in [0.3, 0.4) is 0 Å². The highest BCUT2D eigenvalue weighted by Crippen LogP contribution is 2.27. The molecule has 1 saturated carbocycles.